The number of anilines is 3. The van der Waals surface area contributed by atoms with Gasteiger partial charge in [0.25, 0.3) is 0 Å². The first-order valence-corrected chi connectivity index (χ1v) is 21.2. The van der Waals surface area contributed by atoms with Gasteiger partial charge in [0.05, 0.1) is 0 Å². The van der Waals surface area contributed by atoms with Gasteiger partial charge in [-0.1, -0.05) is 200 Å². The Labute approximate surface area is 358 Å². The van der Waals surface area contributed by atoms with Crippen molar-refractivity contribution in [3.05, 3.63) is 259 Å². The molecular weight excluding hydrogens is 735 g/mol. The molecule has 0 aromatic heterocycles. The van der Waals surface area contributed by atoms with E-state index >= 15 is 0 Å². The van der Waals surface area contributed by atoms with Crippen LogP contribution in [0.2, 0.25) is 0 Å². The molecule has 0 aliphatic heterocycles. The monoisotopic (exact) mass is 777 g/mol. The summed E-state index contributed by atoms with van der Waals surface area (Å²) in [4.78, 5) is 2.39. The number of nitrogens with zero attached hydrogens (tertiary/aromatic N) is 1. The third-order valence-corrected chi connectivity index (χ3v) is 12.8. The molecule has 1 atom stereocenters. The second kappa shape index (κ2) is 15.1. The number of rotatable bonds is 8. The van der Waals surface area contributed by atoms with Gasteiger partial charge >= 0.3 is 0 Å². The second-order valence-electron chi connectivity index (χ2n) is 16.2. The molecule has 0 fully saturated rings. The molecule has 1 aliphatic rings. The summed E-state index contributed by atoms with van der Waals surface area (Å²) >= 11 is 0. The average molecular weight is 778 g/mol. The zero-order valence-corrected chi connectivity index (χ0v) is 34.0. The van der Waals surface area contributed by atoms with E-state index in [1.807, 2.05) is 0 Å². The third-order valence-electron chi connectivity index (χ3n) is 12.8. The maximum Gasteiger partial charge on any atom is 0.0467 e. The zero-order valence-electron chi connectivity index (χ0n) is 34.0. The van der Waals surface area contributed by atoms with Crippen LogP contribution in [0.25, 0.3) is 66.4 Å². The average Bonchev–Trinajstić information content (AvgIpc) is 3.61. The number of fused-ring (bicyclic) bond motifs is 4. The molecule has 0 N–H and O–H groups in total. The fourth-order valence-corrected chi connectivity index (χ4v) is 9.58. The molecule has 0 amide bonds. The van der Waals surface area contributed by atoms with Crippen LogP contribution in [0.15, 0.2) is 243 Å². The molecule has 61 heavy (non-hydrogen) atoms. The Balaban J connectivity index is 1.01. The summed E-state index contributed by atoms with van der Waals surface area (Å²) < 4.78 is 0. The zero-order chi connectivity index (χ0) is 40.8. The molecular formula is C60H43N. The van der Waals surface area contributed by atoms with E-state index in [-0.39, 0.29) is 5.41 Å². The molecule has 0 bridgehead atoms. The number of benzene rings is 10. The van der Waals surface area contributed by atoms with E-state index in [4.69, 9.17) is 0 Å². The highest BCUT2D eigenvalue weighted by atomic mass is 15.1. The lowest BCUT2D eigenvalue weighted by molar-refractivity contribution is 0.714. The lowest BCUT2D eigenvalue weighted by Gasteiger charge is -2.28. The first kappa shape index (κ1) is 36.3. The van der Waals surface area contributed by atoms with Crippen LogP contribution in [-0.4, -0.2) is 0 Å². The molecule has 11 rings (SSSR count). The normalized spacial score (nSPS) is 14.0. The van der Waals surface area contributed by atoms with Crippen LogP contribution >= 0.6 is 0 Å². The van der Waals surface area contributed by atoms with Crippen LogP contribution in [0.5, 0.6) is 0 Å². The van der Waals surface area contributed by atoms with Crippen LogP contribution < -0.4 is 4.90 Å². The van der Waals surface area contributed by atoms with Gasteiger partial charge in [-0.25, -0.2) is 0 Å². The van der Waals surface area contributed by atoms with Crippen LogP contribution in [0.4, 0.5) is 17.1 Å². The molecule has 0 saturated heterocycles. The second-order valence-corrected chi connectivity index (χ2v) is 16.2. The van der Waals surface area contributed by atoms with Crippen LogP contribution in [-0.2, 0) is 5.41 Å². The highest BCUT2D eigenvalue weighted by molar-refractivity contribution is 5.95. The first-order chi connectivity index (χ1) is 30.1. The van der Waals surface area contributed by atoms with E-state index in [9.17, 15) is 0 Å². The van der Waals surface area contributed by atoms with E-state index in [1.165, 1.54) is 83.1 Å². The standard InChI is InChI=1S/C60H43N/c1-60(51-19-6-3-7-20-51)57-24-11-10-22-56(57)59-55(23-13-25-58(59)60)50-18-12-21-54(41-50)61(53-38-34-47(35-39-53)49-31-30-43-16-8-9-17-48(43)40-49)52-36-32-46(33-37-52)45-28-26-44(27-29-45)42-14-4-2-5-15-42/h2-41H,1H3. The molecule has 1 heteroatoms. The smallest absolute Gasteiger partial charge is 0.0467 e. The number of hydrogen-bond acceptors (Lipinski definition) is 1. The molecule has 1 aliphatic carbocycles. The molecule has 1 nitrogen and oxygen atoms in total. The molecule has 0 radical (unpaired) electrons. The lowest BCUT2D eigenvalue weighted by Crippen LogP contribution is -2.22. The van der Waals surface area contributed by atoms with Crippen molar-refractivity contribution in [3.63, 3.8) is 0 Å². The molecule has 10 aromatic rings. The van der Waals surface area contributed by atoms with Crippen molar-refractivity contribution < 1.29 is 0 Å². The Kier molecular flexibility index (Phi) is 9.02. The summed E-state index contributed by atoms with van der Waals surface area (Å²) in [7, 11) is 0. The molecule has 288 valence electrons. The van der Waals surface area contributed by atoms with Gasteiger partial charge in [-0.05, 0) is 132 Å². The van der Waals surface area contributed by atoms with Gasteiger partial charge in [-0.3, -0.25) is 0 Å². The van der Waals surface area contributed by atoms with E-state index in [2.05, 4.69) is 254 Å². The van der Waals surface area contributed by atoms with Crippen LogP contribution in [0.1, 0.15) is 23.6 Å². The summed E-state index contributed by atoms with van der Waals surface area (Å²) in [6.45, 7) is 2.39. The van der Waals surface area contributed by atoms with E-state index in [0.717, 1.165) is 17.1 Å². The summed E-state index contributed by atoms with van der Waals surface area (Å²) in [6, 6.07) is 88.7. The highest BCUT2D eigenvalue weighted by Crippen LogP contribution is 2.55. The Morgan fingerprint density at radius 1 is 0.295 bits per heavy atom. The predicted molar refractivity (Wildman–Crippen MR) is 258 cm³/mol. The van der Waals surface area contributed by atoms with Gasteiger partial charge in [0.1, 0.15) is 0 Å². The van der Waals surface area contributed by atoms with Gasteiger partial charge in [0.2, 0.25) is 0 Å². The topological polar surface area (TPSA) is 3.24 Å². The quantitative estimate of drug-likeness (QED) is 0.149. The lowest BCUT2D eigenvalue weighted by atomic mass is 9.74. The molecule has 10 aromatic carbocycles. The van der Waals surface area contributed by atoms with Gasteiger partial charge in [-0.2, -0.15) is 0 Å². The van der Waals surface area contributed by atoms with Crippen molar-refractivity contribution >= 4 is 27.8 Å². The summed E-state index contributed by atoms with van der Waals surface area (Å²) in [5, 5.41) is 2.50. The molecule has 0 spiro atoms. The molecule has 1 unspecified atom stereocenters. The minimum Gasteiger partial charge on any atom is -0.310 e. The van der Waals surface area contributed by atoms with Gasteiger partial charge in [0, 0.05) is 22.5 Å². The Morgan fingerprint density at radius 3 is 1.46 bits per heavy atom. The predicted octanol–water partition coefficient (Wildman–Crippen LogP) is 16.3. The van der Waals surface area contributed by atoms with Crippen LogP contribution in [0.3, 0.4) is 0 Å². The van der Waals surface area contributed by atoms with E-state index in [0.29, 0.717) is 0 Å². The van der Waals surface area contributed by atoms with Gasteiger partial charge in [0.15, 0.2) is 0 Å². The van der Waals surface area contributed by atoms with Crippen LogP contribution in [0, 0.1) is 0 Å². The minimum absolute atomic E-state index is 0.261. The largest absolute Gasteiger partial charge is 0.310 e. The number of hydrogen-bond donors (Lipinski definition) is 0. The molecule has 0 heterocycles. The van der Waals surface area contributed by atoms with Crippen molar-refractivity contribution in [1.82, 2.24) is 0 Å². The fraction of sp³-hybridized carbons (Fsp3) is 0.0333. The van der Waals surface area contributed by atoms with E-state index in [1.54, 1.807) is 0 Å². The molecule has 0 saturated carbocycles. The summed E-state index contributed by atoms with van der Waals surface area (Å²) in [6.07, 6.45) is 0. The first-order valence-electron chi connectivity index (χ1n) is 21.2. The Morgan fingerprint density at radius 2 is 0.770 bits per heavy atom. The Bertz CT molecular complexity index is 3170. The van der Waals surface area contributed by atoms with Crippen molar-refractivity contribution in [2.45, 2.75) is 12.3 Å². The van der Waals surface area contributed by atoms with Gasteiger partial charge < -0.3 is 4.90 Å². The SMILES string of the molecule is CC1(c2ccccc2)c2ccccc2-c2c(-c3cccc(N(c4ccc(-c5ccc(-c6ccccc6)cc5)cc4)c4ccc(-c5ccc6ccccc6c5)cc4)c3)cccc21. The third kappa shape index (κ3) is 6.43. The fourth-order valence-electron chi connectivity index (χ4n) is 9.58. The maximum absolute atomic E-state index is 2.39. The van der Waals surface area contributed by atoms with Crippen molar-refractivity contribution in [2.75, 3.05) is 4.90 Å². The Hall–Kier alpha value is -7.74. The highest BCUT2D eigenvalue weighted by Gasteiger charge is 2.41. The van der Waals surface area contributed by atoms with Crippen molar-refractivity contribution in [3.8, 4) is 55.6 Å². The van der Waals surface area contributed by atoms with Gasteiger partial charge in [-0.15, -0.1) is 0 Å². The minimum atomic E-state index is -0.261. The van der Waals surface area contributed by atoms with Crippen molar-refractivity contribution in [2.24, 2.45) is 0 Å². The summed E-state index contributed by atoms with van der Waals surface area (Å²) in [5.74, 6) is 0. The summed E-state index contributed by atoms with van der Waals surface area (Å²) in [5.41, 5.74) is 19.3. The van der Waals surface area contributed by atoms with Crippen molar-refractivity contribution in [1.29, 1.82) is 0 Å². The van der Waals surface area contributed by atoms with E-state index < -0.39 is 0 Å². The maximum atomic E-state index is 2.39.